The molecule has 0 aromatic rings. The van der Waals surface area contributed by atoms with Crippen LogP contribution in [-0.4, -0.2) is 65.0 Å². The largest absolute Gasteiger partial charge is 0.387 e. The van der Waals surface area contributed by atoms with Crippen LogP contribution in [0.25, 0.3) is 0 Å². The predicted molar refractivity (Wildman–Crippen MR) is 95.6 cm³/mol. The predicted octanol–water partition coefficient (Wildman–Crippen LogP) is 2.31. The molecule has 1 fully saturated rings. The molecule has 1 saturated heterocycles. The van der Waals surface area contributed by atoms with Gasteiger partial charge < -0.3 is 25.0 Å². The number of hydrogen-bond acceptors (Lipinski definition) is 7. The highest BCUT2D eigenvalue weighted by Crippen LogP contribution is 2.53. The fourth-order valence-corrected chi connectivity index (χ4v) is 4.52. The van der Waals surface area contributed by atoms with Crippen molar-refractivity contribution < 1.29 is 27.7 Å². The molecule has 2 aliphatic rings. The maximum absolute atomic E-state index is 14.8. The summed E-state index contributed by atoms with van der Waals surface area (Å²) in [5, 5.41) is 10.4. The van der Waals surface area contributed by atoms with Crippen molar-refractivity contribution in [2.45, 2.75) is 43.4 Å². The van der Waals surface area contributed by atoms with Gasteiger partial charge >= 0.3 is 0 Å². The molecule has 2 rings (SSSR count). The Kier molecular flexibility index (Phi) is 6.51. The molecule has 0 radical (unpaired) electrons. The van der Waals surface area contributed by atoms with E-state index in [9.17, 15) is 18.5 Å². The Hall–Kier alpha value is -0.990. The van der Waals surface area contributed by atoms with Crippen molar-refractivity contribution in [1.29, 1.82) is 0 Å². The molecule has 11 heteroatoms. The van der Waals surface area contributed by atoms with Crippen molar-refractivity contribution in [1.82, 2.24) is 4.90 Å². The molecule has 2 unspecified atom stereocenters. The molecule has 0 spiro atoms. The highest BCUT2D eigenvalue weighted by atomic mass is 35.5. The molecule has 0 aromatic carbocycles. The number of rotatable bonds is 7. The lowest BCUT2D eigenvalue weighted by atomic mass is 9.94. The van der Waals surface area contributed by atoms with Crippen molar-refractivity contribution >= 4 is 24.8 Å². The molecule has 148 valence electrons. The van der Waals surface area contributed by atoms with E-state index >= 15 is 0 Å². The lowest BCUT2D eigenvalue weighted by Crippen LogP contribution is -2.46. The summed E-state index contributed by atoms with van der Waals surface area (Å²) < 4.78 is 52.3. The van der Waals surface area contributed by atoms with Gasteiger partial charge in [0, 0.05) is 19.3 Å². The average molecular weight is 414 g/mol. The van der Waals surface area contributed by atoms with Gasteiger partial charge in [0.05, 0.1) is 12.5 Å². The van der Waals surface area contributed by atoms with Gasteiger partial charge in [0.1, 0.15) is 23.4 Å². The SMILES string of the molecule is C=C1N=C(N)C=CN1[C@@H]1O[C@](CCl)(CC(F)P(C)(=O)OCC)[C@@H](O)[C@H]1F. The van der Waals surface area contributed by atoms with Crippen molar-refractivity contribution in [3.8, 4) is 0 Å². The van der Waals surface area contributed by atoms with Crippen molar-refractivity contribution in [2.24, 2.45) is 10.7 Å². The van der Waals surface area contributed by atoms with Gasteiger partial charge in [-0.1, -0.05) is 6.58 Å². The second kappa shape index (κ2) is 7.94. The Morgan fingerprint density at radius 1 is 1.69 bits per heavy atom. The highest BCUT2D eigenvalue weighted by molar-refractivity contribution is 7.58. The molecule has 26 heavy (non-hydrogen) atoms. The van der Waals surface area contributed by atoms with Crippen molar-refractivity contribution in [2.75, 3.05) is 19.2 Å². The monoisotopic (exact) mass is 413 g/mol. The minimum atomic E-state index is -3.63. The van der Waals surface area contributed by atoms with E-state index in [1.165, 1.54) is 17.2 Å². The zero-order valence-electron chi connectivity index (χ0n) is 14.5. The highest BCUT2D eigenvalue weighted by Gasteiger charge is 2.58. The molecule has 2 aliphatic heterocycles. The van der Waals surface area contributed by atoms with Crippen LogP contribution in [0.2, 0.25) is 0 Å². The quantitative estimate of drug-likeness (QED) is 0.491. The van der Waals surface area contributed by atoms with Crippen LogP contribution in [0.1, 0.15) is 13.3 Å². The zero-order chi connectivity index (χ0) is 19.7. The Morgan fingerprint density at radius 3 is 2.88 bits per heavy atom. The van der Waals surface area contributed by atoms with Crippen LogP contribution in [0.4, 0.5) is 8.78 Å². The number of alkyl halides is 3. The minimum Gasteiger partial charge on any atom is -0.387 e. The normalized spacial score (nSPS) is 35.3. The van der Waals surface area contributed by atoms with Gasteiger partial charge in [-0.25, -0.2) is 13.8 Å². The molecular weight excluding hydrogens is 391 g/mol. The second-order valence-electron chi connectivity index (χ2n) is 6.24. The molecule has 0 saturated carbocycles. The van der Waals surface area contributed by atoms with E-state index in [1.54, 1.807) is 6.92 Å². The third-order valence-electron chi connectivity index (χ3n) is 4.34. The molecule has 0 bridgehead atoms. The first-order valence-corrected chi connectivity index (χ1v) is 10.7. The topological polar surface area (TPSA) is 97.4 Å². The maximum Gasteiger partial charge on any atom is 0.233 e. The number of nitrogens with zero attached hydrogens (tertiary/aromatic N) is 2. The van der Waals surface area contributed by atoms with Crippen molar-refractivity contribution in [3.05, 3.63) is 24.7 Å². The van der Waals surface area contributed by atoms with Gasteiger partial charge in [0.25, 0.3) is 0 Å². The molecule has 3 N–H and O–H groups in total. The number of amidine groups is 1. The zero-order valence-corrected chi connectivity index (χ0v) is 16.2. The first-order valence-electron chi connectivity index (χ1n) is 7.99. The first-order chi connectivity index (χ1) is 12.1. The summed E-state index contributed by atoms with van der Waals surface area (Å²) in [6.45, 7) is 6.43. The van der Waals surface area contributed by atoms with Crippen LogP contribution in [0.15, 0.2) is 29.7 Å². The van der Waals surface area contributed by atoms with E-state index in [-0.39, 0.29) is 18.3 Å². The third-order valence-corrected chi connectivity index (χ3v) is 6.76. The van der Waals surface area contributed by atoms with Gasteiger partial charge in [0.2, 0.25) is 7.37 Å². The summed E-state index contributed by atoms with van der Waals surface area (Å²) in [5.41, 5.74) is 3.76. The van der Waals surface area contributed by atoms with Gasteiger partial charge in [-0.15, -0.1) is 11.6 Å². The van der Waals surface area contributed by atoms with Crippen molar-refractivity contribution in [3.63, 3.8) is 0 Å². The van der Waals surface area contributed by atoms with Gasteiger partial charge in [-0.05, 0) is 13.0 Å². The number of aliphatic hydroxyl groups excluding tert-OH is 1. The number of halogens is 3. The number of nitrogens with two attached hydrogens (primary N) is 1. The minimum absolute atomic E-state index is 0.0532. The average Bonchev–Trinajstić information content (AvgIpc) is 2.80. The van der Waals surface area contributed by atoms with Crippen LogP contribution in [-0.2, 0) is 13.8 Å². The Balaban J connectivity index is 2.23. The van der Waals surface area contributed by atoms with Crippen LogP contribution in [0.3, 0.4) is 0 Å². The smallest absolute Gasteiger partial charge is 0.233 e. The van der Waals surface area contributed by atoms with E-state index in [4.69, 9.17) is 26.6 Å². The molecule has 0 amide bonds. The van der Waals surface area contributed by atoms with Crippen LogP contribution in [0, 0.1) is 0 Å². The van der Waals surface area contributed by atoms with Crippen LogP contribution < -0.4 is 5.73 Å². The Labute approximate surface area is 155 Å². The van der Waals surface area contributed by atoms with Gasteiger partial charge in [0.15, 0.2) is 18.3 Å². The number of ether oxygens (including phenoxy) is 1. The number of aliphatic hydroxyl groups is 1. The van der Waals surface area contributed by atoms with Gasteiger partial charge in [-0.2, -0.15) is 0 Å². The van der Waals surface area contributed by atoms with Crippen LogP contribution in [0.5, 0.6) is 0 Å². The molecule has 0 aliphatic carbocycles. The molecule has 7 nitrogen and oxygen atoms in total. The Bertz CT molecular complexity index is 665. The summed E-state index contributed by atoms with van der Waals surface area (Å²) in [7, 11) is -3.63. The summed E-state index contributed by atoms with van der Waals surface area (Å²) in [4.78, 5) is 5.14. The number of aliphatic imine (C=N–C) groups is 1. The third kappa shape index (κ3) is 3.97. The van der Waals surface area contributed by atoms with E-state index < -0.39 is 49.7 Å². The lowest BCUT2D eigenvalue weighted by Gasteiger charge is -2.34. The Morgan fingerprint density at radius 2 is 2.35 bits per heavy atom. The summed E-state index contributed by atoms with van der Waals surface area (Å²) in [5.74, 6) is -2.11. The number of hydrogen-bond donors (Lipinski definition) is 2. The van der Waals surface area contributed by atoms with E-state index in [0.29, 0.717) is 0 Å². The van der Waals surface area contributed by atoms with E-state index in [1.807, 2.05) is 0 Å². The fourth-order valence-electron chi connectivity index (χ4n) is 2.87. The van der Waals surface area contributed by atoms with Crippen LogP contribution >= 0.6 is 19.0 Å². The van der Waals surface area contributed by atoms with E-state index in [0.717, 1.165) is 6.66 Å². The summed E-state index contributed by atoms with van der Waals surface area (Å²) in [6, 6.07) is 0. The fraction of sp³-hybridized carbons (Fsp3) is 0.667. The molecule has 2 heterocycles. The first kappa shape index (κ1) is 21.3. The molecular formula is C15H23ClF2N3O4P. The van der Waals surface area contributed by atoms with Gasteiger partial charge in [-0.3, -0.25) is 4.57 Å². The lowest BCUT2D eigenvalue weighted by molar-refractivity contribution is -0.107. The second-order valence-corrected chi connectivity index (χ2v) is 9.14. The molecule has 6 atom stereocenters. The standard InChI is InChI=1S/C15H23ClF2N3O4P/c1-4-24-26(3,23)10(17)7-15(8-16)13(22)12(18)14(25-15)21-6-5-11(19)20-9(21)2/h5-6,10,12-14,22H,2,4,7-8H2,1,3H3,(H2,19,20)/t10?,12-,13+,14-,15+,26?/m1/s1. The molecule has 0 aromatic heterocycles. The summed E-state index contributed by atoms with van der Waals surface area (Å²) >= 11 is 5.90. The summed E-state index contributed by atoms with van der Waals surface area (Å²) in [6.07, 6.45) is -2.78. The van der Waals surface area contributed by atoms with E-state index in [2.05, 4.69) is 11.6 Å². The maximum atomic E-state index is 14.8.